The zero-order valence-corrected chi connectivity index (χ0v) is 13.4. The molecule has 1 N–H and O–H groups in total. The first-order chi connectivity index (χ1) is 9.69. The summed E-state index contributed by atoms with van der Waals surface area (Å²) in [6, 6.07) is 7.48. The summed E-state index contributed by atoms with van der Waals surface area (Å²) in [6.45, 7) is 11.6. The van der Waals surface area contributed by atoms with Crippen molar-refractivity contribution in [2.45, 2.75) is 52.5 Å². The molecule has 0 saturated carbocycles. The Morgan fingerprint density at radius 1 is 1.10 bits per heavy atom. The Hall–Kier alpha value is -0.860. The van der Waals surface area contributed by atoms with E-state index in [9.17, 15) is 0 Å². The lowest BCUT2D eigenvalue weighted by atomic mass is 9.98. The van der Waals surface area contributed by atoms with Crippen molar-refractivity contribution >= 4 is 0 Å². The summed E-state index contributed by atoms with van der Waals surface area (Å²) in [6.07, 6.45) is 5.20. The highest BCUT2D eigenvalue weighted by atomic mass is 15.1. The van der Waals surface area contributed by atoms with Gasteiger partial charge in [-0.25, -0.2) is 0 Å². The lowest BCUT2D eigenvalue weighted by Gasteiger charge is -2.23. The van der Waals surface area contributed by atoms with Crippen LogP contribution in [0.1, 0.15) is 55.3 Å². The zero-order valence-electron chi connectivity index (χ0n) is 13.4. The standard InChI is InChI=1S/C18H30N2/c1-4-8-19-18(7-11-20-9-5-6-10-20)17-13-15(2)12-16(3)14-17/h12-14,18-19H,4-11H2,1-3H3. The molecule has 1 unspecified atom stereocenters. The maximum Gasteiger partial charge on any atom is 0.0332 e. The van der Waals surface area contributed by atoms with Gasteiger partial charge in [-0.05, 0) is 71.3 Å². The molecule has 1 saturated heterocycles. The normalized spacial score (nSPS) is 17.6. The van der Waals surface area contributed by atoms with Crippen LogP contribution in [0.25, 0.3) is 0 Å². The molecule has 1 aromatic carbocycles. The molecule has 1 aliphatic rings. The first kappa shape index (κ1) is 15.5. The Morgan fingerprint density at radius 3 is 2.35 bits per heavy atom. The predicted molar refractivity (Wildman–Crippen MR) is 87.2 cm³/mol. The molecule has 112 valence electrons. The van der Waals surface area contributed by atoms with Crippen molar-refractivity contribution in [2.24, 2.45) is 0 Å². The van der Waals surface area contributed by atoms with Gasteiger partial charge in [-0.2, -0.15) is 0 Å². The minimum absolute atomic E-state index is 0.508. The quantitative estimate of drug-likeness (QED) is 0.813. The number of rotatable bonds is 7. The van der Waals surface area contributed by atoms with Crippen LogP contribution in [0, 0.1) is 13.8 Å². The fourth-order valence-electron chi connectivity index (χ4n) is 3.23. The van der Waals surface area contributed by atoms with Crippen LogP contribution >= 0.6 is 0 Å². The second-order valence-corrected chi connectivity index (χ2v) is 6.27. The Bertz CT molecular complexity index is 388. The zero-order chi connectivity index (χ0) is 14.4. The van der Waals surface area contributed by atoms with Crippen molar-refractivity contribution in [3.63, 3.8) is 0 Å². The third kappa shape index (κ3) is 4.60. The molecule has 1 fully saturated rings. The van der Waals surface area contributed by atoms with Gasteiger partial charge in [0.1, 0.15) is 0 Å². The van der Waals surface area contributed by atoms with Crippen LogP contribution in [0.15, 0.2) is 18.2 Å². The van der Waals surface area contributed by atoms with E-state index in [1.807, 2.05) is 0 Å². The molecule has 20 heavy (non-hydrogen) atoms. The van der Waals surface area contributed by atoms with E-state index in [0.717, 1.165) is 6.54 Å². The summed E-state index contributed by atoms with van der Waals surface area (Å²) < 4.78 is 0. The van der Waals surface area contributed by atoms with Gasteiger partial charge in [0.25, 0.3) is 0 Å². The van der Waals surface area contributed by atoms with Crippen LogP contribution in [-0.2, 0) is 0 Å². The molecule has 0 bridgehead atoms. The van der Waals surface area contributed by atoms with Crippen molar-refractivity contribution < 1.29 is 0 Å². The van der Waals surface area contributed by atoms with Gasteiger partial charge in [-0.1, -0.05) is 36.2 Å². The highest BCUT2D eigenvalue weighted by Gasteiger charge is 2.16. The SMILES string of the molecule is CCCNC(CCN1CCCC1)c1cc(C)cc(C)c1. The van der Waals surface area contributed by atoms with Gasteiger partial charge in [-0.3, -0.25) is 0 Å². The summed E-state index contributed by atoms with van der Waals surface area (Å²) in [4.78, 5) is 2.61. The summed E-state index contributed by atoms with van der Waals surface area (Å²) in [5.41, 5.74) is 4.23. The number of nitrogens with zero attached hydrogens (tertiary/aromatic N) is 1. The fraction of sp³-hybridized carbons (Fsp3) is 0.667. The average molecular weight is 274 g/mol. The number of nitrogens with one attached hydrogen (secondary N) is 1. The summed E-state index contributed by atoms with van der Waals surface area (Å²) in [5.74, 6) is 0. The van der Waals surface area contributed by atoms with Crippen molar-refractivity contribution in [1.29, 1.82) is 0 Å². The largest absolute Gasteiger partial charge is 0.310 e. The topological polar surface area (TPSA) is 15.3 Å². The molecule has 0 aliphatic carbocycles. The van der Waals surface area contributed by atoms with E-state index in [4.69, 9.17) is 0 Å². The van der Waals surface area contributed by atoms with Crippen LogP contribution < -0.4 is 5.32 Å². The van der Waals surface area contributed by atoms with Crippen molar-refractivity contribution in [1.82, 2.24) is 10.2 Å². The van der Waals surface area contributed by atoms with E-state index in [1.54, 1.807) is 0 Å². The molecule has 0 amide bonds. The molecule has 1 aliphatic heterocycles. The molecule has 2 heteroatoms. The van der Waals surface area contributed by atoms with Crippen LogP contribution in [-0.4, -0.2) is 31.1 Å². The van der Waals surface area contributed by atoms with E-state index in [-0.39, 0.29) is 0 Å². The van der Waals surface area contributed by atoms with E-state index >= 15 is 0 Å². The van der Waals surface area contributed by atoms with Crippen LogP contribution in [0.2, 0.25) is 0 Å². The van der Waals surface area contributed by atoms with Gasteiger partial charge >= 0.3 is 0 Å². The second kappa shape index (κ2) is 7.80. The molecule has 2 nitrogen and oxygen atoms in total. The summed E-state index contributed by atoms with van der Waals surface area (Å²) in [5, 5.41) is 3.74. The van der Waals surface area contributed by atoms with E-state index < -0.39 is 0 Å². The lowest BCUT2D eigenvalue weighted by molar-refractivity contribution is 0.310. The van der Waals surface area contributed by atoms with Crippen molar-refractivity contribution in [3.05, 3.63) is 34.9 Å². The first-order valence-corrected chi connectivity index (χ1v) is 8.23. The number of likely N-dealkylation sites (tertiary alicyclic amines) is 1. The molecular formula is C18H30N2. The van der Waals surface area contributed by atoms with Gasteiger partial charge in [0, 0.05) is 6.04 Å². The van der Waals surface area contributed by atoms with Crippen LogP contribution in [0.5, 0.6) is 0 Å². The van der Waals surface area contributed by atoms with Crippen LogP contribution in [0.3, 0.4) is 0 Å². The molecule has 0 spiro atoms. The minimum Gasteiger partial charge on any atom is -0.310 e. The Balaban J connectivity index is 2.00. The predicted octanol–water partition coefficient (Wildman–Crippen LogP) is 3.83. The van der Waals surface area contributed by atoms with E-state index in [2.05, 4.69) is 49.2 Å². The van der Waals surface area contributed by atoms with Gasteiger partial charge in [-0.15, -0.1) is 0 Å². The van der Waals surface area contributed by atoms with Gasteiger partial charge < -0.3 is 10.2 Å². The van der Waals surface area contributed by atoms with Gasteiger partial charge in [0.05, 0.1) is 0 Å². The maximum absolute atomic E-state index is 3.74. The molecule has 1 atom stereocenters. The number of benzene rings is 1. The number of aryl methyl sites for hydroxylation is 2. The molecule has 1 heterocycles. The third-order valence-electron chi connectivity index (χ3n) is 4.22. The third-order valence-corrected chi connectivity index (χ3v) is 4.22. The Morgan fingerprint density at radius 2 is 1.75 bits per heavy atom. The Labute approximate surface area is 124 Å². The minimum atomic E-state index is 0.508. The molecular weight excluding hydrogens is 244 g/mol. The van der Waals surface area contributed by atoms with Crippen molar-refractivity contribution in [3.8, 4) is 0 Å². The van der Waals surface area contributed by atoms with Crippen molar-refractivity contribution in [2.75, 3.05) is 26.2 Å². The van der Waals surface area contributed by atoms with E-state index in [0.29, 0.717) is 6.04 Å². The van der Waals surface area contributed by atoms with E-state index in [1.165, 1.54) is 62.0 Å². The smallest absolute Gasteiger partial charge is 0.0332 e. The average Bonchev–Trinajstić information content (AvgIpc) is 2.91. The highest BCUT2D eigenvalue weighted by molar-refractivity contribution is 5.30. The Kier molecular flexibility index (Phi) is 6.06. The molecule has 0 aromatic heterocycles. The van der Waals surface area contributed by atoms with Gasteiger partial charge in [0.2, 0.25) is 0 Å². The summed E-state index contributed by atoms with van der Waals surface area (Å²) in [7, 11) is 0. The number of hydrogen-bond acceptors (Lipinski definition) is 2. The molecule has 0 radical (unpaired) electrons. The lowest BCUT2D eigenvalue weighted by Crippen LogP contribution is -2.28. The van der Waals surface area contributed by atoms with Gasteiger partial charge in [0.15, 0.2) is 0 Å². The molecule has 2 rings (SSSR count). The monoisotopic (exact) mass is 274 g/mol. The fourth-order valence-corrected chi connectivity index (χ4v) is 3.23. The second-order valence-electron chi connectivity index (χ2n) is 6.27. The highest BCUT2D eigenvalue weighted by Crippen LogP contribution is 2.21. The molecule has 1 aromatic rings. The summed E-state index contributed by atoms with van der Waals surface area (Å²) >= 11 is 0. The number of hydrogen-bond donors (Lipinski definition) is 1. The first-order valence-electron chi connectivity index (χ1n) is 8.23. The maximum atomic E-state index is 3.74. The van der Waals surface area contributed by atoms with Crippen LogP contribution in [0.4, 0.5) is 0 Å².